The second-order valence-electron chi connectivity index (χ2n) is 7.03. The van der Waals surface area contributed by atoms with Crippen LogP contribution in [-0.2, 0) is 11.2 Å². The lowest BCUT2D eigenvalue weighted by Gasteiger charge is -2.31. The van der Waals surface area contributed by atoms with E-state index in [1.54, 1.807) is 18.2 Å². The number of anilines is 1. The number of hydrogen-bond acceptors (Lipinski definition) is 7. The van der Waals surface area contributed by atoms with E-state index in [2.05, 4.69) is 30.8 Å². The van der Waals surface area contributed by atoms with E-state index in [1.165, 1.54) is 4.63 Å². The molecule has 10 nitrogen and oxygen atoms in total. The molecular weight excluding hydrogens is 374 g/mol. The third kappa shape index (κ3) is 4.31. The molecule has 1 saturated heterocycles. The van der Waals surface area contributed by atoms with Gasteiger partial charge < -0.3 is 15.3 Å². The molecule has 0 saturated carbocycles. The van der Waals surface area contributed by atoms with Crippen LogP contribution < -0.4 is 10.2 Å². The number of carbonyl (C=O) groups is 2. The van der Waals surface area contributed by atoms with Crippen LogP contribution in [0.25, 0.3) is 5.65 Å². The van der Waals surface area contributed by atoms with E-state index >= 15 is 0 Å². The van der Waals surface area contributed by atoms with Crippen molar-refractivity contribution in [3.63, 3.8) is 0 Å². The summed E-state index contributed by atoms with van der Waals surface area (Å²) in [6, 6.07) is 10.5. The molecule has 0 atom stereocenters. The molecule has 1 aliphatic heterocycles. The fraction of sp³-hybridized carbons (Fsp3) is 0.368. The molecule has 2 aromatic heterocycles. The number of nitrogens with one attached hydrogen (secondary N) is 1. The molecule has 150 valence electrons. The van der Waals surface area contributed by atoms with Gasteiger partial charge in [-0.05, 0) is 59.5 Å². The number of nitrogens with zero attached hydrogens (tertiary/aromatic N) is 6. The topological polar surface area (TPSA) is 126 Å². The van der Waals surface area contributed by atoms with E-state index in [0.29, 0.717) is 18.6 Å². The van der Waals surface area contributed by atoms with Crippen LogP contribution in [0.3, 0.4) is 0 Å². The van der Waals surface area contributed by atoms with Crippen molar-refractivity contribution in [1.29, 1.82) is 0 Å². The highest BCUT2D eigenvalue weighted by molar-refractivity contribution is 5.87. The van der Waals surface area contributed by atoms with Crippen molar-refractivity contribution in [3.05, 3.63) is 47.5 Å². The van der Waals surface area contributed by atoms with Gasteiger partial charge in [0.05, 0.1) is 5.56 Å². The van der Waals surface area contributed by atoms with Crippen LogP contribution in [0.4, 0.5) is 5.82 Å². The van der Waals surface area contributed by atoms with Crippen LogP contribution in [0.5, 0.6) is 0 Å². The fourth-order valence-corrected chi connectivity index (χ4v) is 3.51. The summed E-state index contributed by atoms with van der Waals surface area (Å²) in [4.78, 5) is 25.6. The Morgan fingerprint density at radius 3 is 2.79 bits per heavy atom. The van der Waals surface area contributed by atoms with Gasteiger partial charge in [0.15, 0.2) is 11.5 Å². The van der Waals surface area contributed by atoms with Gasteiger partial charge in [-0.15, -0.1) is 14.8 Å². The van der Waals surface area contributed by atoms with Gasteiger partial charge >= 0.3 is 5.97 Å². The number of amides is 1. The third-order valence-electron chi connectivity index (χ3n) is 5.13. The largest absolute Gasteiger partial charge is 0.478 e. The maximum Gasteiger partial charge on any atom is 0.335 e. The van der Waals surface area contributed by atoms with Crippen LogP contribution in [0.2, 0.25) is 0 Å². The van der Waals surface area contributed by atoms with Gasteiger partial charge in [-0.25, -0.2) is 4.79 Å². The Morgan fingerprint density at radius 1 is 1.17 bits per heavy atom. The highest BCUT2D eigenvalue weighted by Crippen LogP contribution is 2.22. The summed E-state index contributed by atoms with van der Waals surface area (Å²) < 4.78 is 1.40. The van der Waals surface area contributed by atoms with E-state index in [-0.39, 0.29) is 17.4 Å². The number of aromatic nitrogens is 5. The van der Waals surface area contributed by atoms with Crippen molar-refractivity contribution in [2.45, 2.75) is 19.3 Å². The molecule has 3 heterocycles. The van der Waals surface area contributed by atoms with Crippen LogP contribution in [0, 0.1) is 5.92 Å². The molecule has 0 radical (unpaired) electrons. The van der Waals surface area contributed by atoms with Crippen molar-refractivity contribution in [1.82, 2.24) is 30.6 Å². The van der Waals surface area contributed by atoms with Crippen LogP contribution in [0.1, 0.15) is 28.8 Å². The standard InChI is InChI=1S/C19H21N7O3/c27-18(20-9-6-13-2-1-3-15(12-13)19(28)29)14-7-10-25(11-8-14)17-5-4-16-21-23-24-26(16)22-17/h1-5,12,14H,6-11H2,(H,20,27)(H,28,29). The normalized spacial score (nSPS) is 14.8. The molecule has 10 heteroatoms. The minimum atomic E-state index is -0.948. The summed E-state index contributed by atoms with van der Waals surface area (Å²) in [5, 5.41) is 27.7. The Balaban J connectivity index is 1.25. The zero-order valence-corrected chi connectivity index (χ0v) is 15.7. The van der Waals surface area contributed by atoms with E-state index in [0.717, 1.165) is 37.3 Å². The van der Waals surface area contributed by atoms with Gasteiger partial charge in [-0.2, -0.15) is 0 Å². The molecule has 0 unspecified atom stereocenters. The van der Waals surface area contributed by atoms with E-state index in [4.69, 9.17) is 5.11 Å². The van der Waals surface area contributed by atoms with Crippen molar-refractivity contribution in [3.8, 4) is 0 Å². The summed E-state index contributed by atoms with van der Waals surface area (Å²) >= 11 is 0. The molecule has 1 aromatic carbocycles. The zero-order valence-electron chi connectivity index (χ0n) is 15.7. The fourth-order valence-electron chi connectivity index (χ4n) is 3.51. The minimum Gasteiger partial charge on any atom is -0.478 e. The first kappa shape index (κ1) is 18.8. The highest BCUT2D eigenvalue weighted by Gasteiger charge is 2.25. The Bertz CT molecular complexity index is 1030. The number of carboxylic acids is 1. The molecule has 29 heavy (non-hydrogen) atoms. The van der Waals surface area contributed by atoms with Crippen LogP contribution in [0.15, 0.2) is 36.4 Å². The van der Waals surface area contributed by atoms with Crippen molar-refractivity contribution in [2.75, 3.05) is 24.5 Å². The lowest BCUT2D eigenvalue weighted by Crippen LogP contribution is -2.41. The van der Waals surface area contributed by atoms with E-state index in [9.17, 15) is 9.59 Å². The average Bonchev–Trinajstić information content (AvgIpc) is 3.22. The Kier molecular flexibility index (Phi) is 5.32. The number of tetrazole rings is 1. The maximum absolute atomic E-state index is 12.5. The minimum absolute atomic E-state index is 0.0339. The Hall–Kier alpha value is -3.56. The lowest BCUT2D eigenvalue weighted by molar-refractivity contribution is -0.125. The number of aromatic carboxylic acids is 1. The molecular formula is C19H21N7O3. The first-order valence-corrected chi connectivity index (χ1v) is 9.50. The smallest absolute Gasteiger partial charge is 0.335 e. The van der Waals surface area contributed by atoms with Crippen LogP contribution in [-0.4, -0.2) is 61.9 Å². The van der Waals surface area contributed by atoms with Gasteiger partial charge in [0.1, 0.15) is 0 Å². The summed E-state index contributed by atoms with van der Waals surface area (Å²) in [7, 11) is 0. The predicted octanol–water partition coefficient (Wildman–Crippen LogP) is 0.793. The number of hydrogen-bond donors (Lipinski definition) is 2. The highest BCUT2D eigenvalue weighted by atomic mass is 16.4. The first-order chi connectivity index (χ1) is 14.1. The monoisotopic (exact) mass is 395 g/mol. The number of rotatable bonds is 6. The number of fused-ring (bicyclic) bond motifs is 1. The molecule has 2 N–H and O–H groups in total. The van der Waals surface area contributed by atoms with Gasteiger partial charge in [0.2, 0.25) is 5.91 Å². The summed E-state index contributed by atoms with van der Waals surface area (Å²) in [6.45, 7) is 1.96. The number of piperidine rings is 1. The van der Waals surface area contributed by atoms with Gasteiger partial charge in [-0.1, -0.05) is 12.1 Å². The van der Waals surface area contributed by atoms with E-state index in [1.807, 2.05) is 18.2 Å². The second-order valence-corrected chi connectivity index (χ2v) is 7.03. The van der Waals surface area contributed by atoms with Crippen LogP contribution >= 0.6 is 0 Å². The predicted molar refractivity (Wildman–Crippen MR) is 104 cm³/mol. The SMILES string of the molecule is O=C(O)c1cccc(CCNC(=O)C2CCN(c3ccc4nnnn4n3)CC2)c1. The molecule has 0 bridgehead atoms. The van der Waals surface area contributed by atoms with Crippen molar-refractivity contribution >= 4 is 23.3 Å². The van der Waals surface area contributed by atoms with Gasteiger partial charge in [-0.3, -0.25) is 4.79 Å². The maximum atomic E-state index is 12.5. The van der Waals surface area contributed by atoms with Crippen molar-refractivity contribution in [2.24, 2.45) is 5.92 Å². The Morgan fingerprint density at radius 2 is 2.00 bits per heavy atom. The molecule has 1 fully saturated rings. The summed E-state index contributed by atoms with van der Waals surface area (Å²) in [5.41, 5.74) is 1.75. The first-order valence-electron chi connectivity index (χ1n) is 9.50. The molecule has 1 amide bonds. The summed E-state index contributed by atoms with van der Waals surface area (Å²) in [5.74, 6) is -0.144. The van der Waals surface area contributed by atoms with E-state index < -0.39 is 5.97 Å². The third-order valence-corrected chi connectivity index (χ3v) is 5.13. The molecule has 1 aliphatic rings. The second kappa shape index (κ2) is 8.21. The molecule has 0 aliphatic carbocycles. The Labute approximate surface area is 166 Å². The molecule has 3 aromatic rings. The van der Waals surface area contributed by atoms with Gasteiger partial charge in [0.25, 0.3) is 0 Å². The molecule has 4 rings (SSSR count). The molecule has 0 spiro atoms. The zero-order chi connectivity index (χ0) is 20.2. The quantitative estimate of drug-likeness (QED) is 0.628. The number of carboxylic acid groups (broad SMARTS) is 1. The summed E-state index contributed by atoms with van der Waals surface area (Å²) in [6.07, 6.45) is 2.09. The van der Waals surface area contributed by atoms with Gasteiger partial charge in [0, 0.05) is 25.6 Å². The van der Waals surface area contributed by atoms with Crippen molar-refractivity contribution < 1.29 is 14.7 Å². The average molecular weight is 395 g/mol. The number of carbonyl (C=O) groups excluding carboxylic acids is 1. The lowest BCUT2D eigenvalue weighted by atomic mass is 9.96. The number of benzene rings is 1.